The summed E-state index contributed by atoms with van der Waals surface area (Å²) in [7, 11) is 1.62. The van der Waals surface area contributed by atoms with E-state index in [1.807, 2.05) is 24.3 Å². The van der Waals surface area contributed by atoms with E-state index < -0.39 is 0 Å². The van der Waals surface area contributed by atoms with Gasteiger partial charge in [0.25, 0.3) is 0 Å². The number of rotatable bonds is 3. The predicted molar refractivity (Wildman–Crippen MR) is 40.9 cm³/mol. The molecule has 1 aromatic rings. The average molecular weight is 152 g/mol. The highest BCUT2D eigenvalue weighted by atomic mass is 16.6. The Hall–Kier alpha value is -1.06. The fourth-order valence-corrected chi connectivity index (χ4v) is 0.805. The van der Waals surface area contributed by atoms with Crippen molar-refractivity contribution >= 4 is 0 Å². The first-order valence-corrected chi connectivity index (χ1v) is 3.28. The largest absolute Gasteiger partial charge is 0.497 e. The van der Waals surface area contributed by atoms with Crippen LogP contribution in [0.15, 0.2) is 24.3 Å². The van der Waals surface area contributed by atoms with Gasteiger partial charge in [-0.3, -0.25) is 4.84 Å². The van der Waals surface area contributed by atoms with E-state index in [1.165, 1.54) is 0 Å². The van der Waals surface area contributed by atoms with Gasteiger partial charge in [-0.25, -0.2) is 0 Å². The molecule has 1 N–H and O–H groups in total. The van der Waals surface area contributed by atoms with Gasteiger partial charge in [0, 0.05) is 0 Å². The maximum Gasteiger partial charge on any atom is 0.118 e. The Morgan fingerprint density at radius 1 is 1.27 bits per heavy atom. The molecule has 1 radical (unpaired) electrons. The minimum atomic E-state index is 0.323. The summed E-state index contributed by atoms with van der Waals surface area (Å²) < 4.78 is 4.96. The first-order valence-electron chi connectivity index (χ1n) is 3.28. The molecule has 0 aromatic heterocycles. The van der Waals surface area contributed by atoms with Gasteiger partial charge in [-0.05, 0) is 17.7 Å². The van der Waals surface area contributed by atoms with Crippen LogP contribution < -0.4 is 10.6 Å². The Kier molecular flexibility index (Phi) is 2.89. The van der Waals surface area contributed by atoms with Crippen molar-refractivity contribution in [2.24, 2.45) is 0 Å². The monoisotopic (exact) mass is 152 g/mol. The molecule has 3 nitrogen and oxygen atoms in total. The molecule has 0 saturated carbocycles. The Labute approximate surface area is 65.7 Å². The highest BCUT2D eigenvalue weighted by Gasteiger charge is 1.92. The molecule has 0 amide bonds. The molecular weight excluding hydrogens is 142 g/mol. The second-order valence-electron chi connectivity index (χ2n) is 2.14. The average Bonchev–Trinajstić information content (AvgIpc) is 2.07. The number of hydrogen-bond acceptors (Lipinski definition) is 2. The van der Waals surface area contributed by atoms with Gasteiger partial charge in [0.2, 0.25) is 0 Å². The smallest absolute Gasteiger partial charge is 0.118 e. The van der Waals surface area contributed by atoms with Crippen molar-refractivity contribution in [2.45, 2.75) is 6.61 Å². The Morgan fingerprint density at radius 2 is 1.91 bits per heavy atom. The zero-order valence-corrected chi connectivity index (χ0v) is 6.33. The summed E-state index contributed by atoms with van der Waals surface area (Å²) >= 11 is 0. The fraction of sp³-hybridized carbons (Fsp3) is 0.250. The molecule has 0 aliphatic heterocycles. The molecule has 0 heterocycles. The minimum Gasteiger partial charge on any atom is -0.497 e. The number of ether oxygens (including phenoxy) is 1. The van der Waals surface area contributed by atoms with Crippen molar-refractivity contribution < 1.29 is 9.57 Å². The molecule has 1 rings (SSSR count). The summed E-state index contributed by atoms with van der Waals surface area (Å²) in [4.78, 5) is 4.21. The van der Waals surface area contributed by atoms with E-state index in [9.17, 15) is 0 Å². The molecule has 0 aliphatic carbocycles. The minimum absolute atomic E-state index is 0.323. The molecule has 59 valence electrons. The summed E-state index contributed by atoms with van der Waals surface area (Å²) in [6, 6.07) is 7.42. The quantitative estimate of drug-likeness (QED) is 0.614. The van der Waals surface area contributed by atoms with Gasteiger partial charge in [0.05, 0.1) is 13.7 Å². The lowest BCUT2D eigenvalue weighted by Crippen LogP contribution is -1.89. The number of benzene rings is 1. The van der Waals surface area contributed by atoms with E-state index in [1.54, 1.807) is 7.11 Å². The van der Waals surface area contributed by atoms with Crippen LogP contribution in [0.5, 0.6) is 5.75 Å². The SMILES string of the molecule is COc1ccc(CO[NH])cc1. The molecule has 0 saturated heterocycles. The van der Waals surface area contributed by atoms with Crippen molar-refractivity contribution in [3.63, 3.8) is 0 Å². The molecule has 1 aromatic carbocycles. The van der Waals surface area contributed by atoms with Crippen LogP contribution in [0.3, 0.4) is 0 Å². The Balaban J connectivity index is 2.66. The lowest BCUT2D eigenvalue weighted by molar-refractivity contribution is 0.104. The van der Waals surface area contributed by atoms with Crippen LogP contribution in [-0.4, -0.2) is 7.11 Å². The summed E-state index contributed by atoms with van der Waals surface area (Å²) in [5, 5.41) is 0. The van der Waals surface area contributed by atoms with Crippen LogP contribution in [0, 0.1) is 0 Å². The van der Waals surface area contributed by atoms with E-state index in [-0.39, 0.29) is 0 Å². The van der Waals surface area contributed by atoms with Crippen LogP contribution in [0.25, 0.3) is 0 Å². The third-order valence-electron chi connectivity index (χ3n) is 1.40. The summed E-state index contributed by atoms with van der Waals surface area (Å²) in [5.41, 5.74) is 0.973. The van der Waals surface area contributed by atoms with Crippen LogP contribution in [-0.2, 0) is 11.4 Å². The van der Waals surface area contributed by atoms with Crippen LogP contribution >= 0.6 is 0 Å². The molecule has 0 aliphatic rings. The van der Waals surface area contributed by atoms with Crippen LogP contribution in [0.2, 0.25) is 0 Å². The van der Waals surface area contributed by atoms with Gasteiger partial charge in [-0.15, -0.1) is 5.90 Å². The molecule has 3 heteroatoms. The normalized spacial score (nSPS) is 9.64. The maximum absolute atomic E-state index is 6.51. The van der Waals surface area contributed by atoms with E-state index in [0.717, 1.165) is 11.3 Å². The van der Waals surface area contributed by atoms with Gasteiger partial charge in [0.1, 0.15) is 5.75 Å². The van der Waals surface area contributed by atoms with Gasteiger partial charge in [-0.1, -0.05) is 12.1 Å². The van der Waals surface area contributed by atoms with Gasteiger partial charge < -0.3 is 4.74 Å². The second-order valence-corrected chi connectivity index (χ2v) is 2.14. The topological polar surface area (TPSA) is 42.3 Å². The fourth-order valence-electron chi connectivity index (χ4n) is 0.805. The predicted octanol–water partition coefficient (Wildman–Crippen LogP) is 1.41. The lowest BCUT2D eigenvalue weighted by Gasteiger charge is -2.00. The molecule has 0 atom stereocenters. The highest BCUT2D eigenvalue weighted by Crippen LogP contribution is 2.11. The molecule has 11 heavy (non-hydrogen) atoms. The first kappa shape index (κ1) is 8.04. The first-order chi connectivity index (χ1) is 5.36. The van der Waals surface area contributed by atoms with Gasteiger partial charge in [-0.2, -0.15) is 0 Å². The van der Waals surface area contributed by atoms with E-state index >= 15 is 0 Å². The third-order valence-corrected chi connectivity index (χ3v) is 1.40. The molecule has 0 bridgehead atoms. The van der Waals surface area contributed by atoms with Crippen molar-refractivity contribution in [3.8, 4) is 5.75 Å². The number of nitrogens with one attached hydrogen (secondary N) is 1. The van der Waals surface area contributed by atoms with Gasteiger partial charge in [0.15, 0.2) is 0 Å². The number of hydrogen-bond donors (Lipinski definition) is 0. The van der Waals surface area contributed by atoms with Crippen LogP contribution in [0.1, 0.15) is 5.56 Å². The maximum atomic E-state index is 6.51. The van der Waals surface area contributed by atoms with Crippen molar-refractivity contribution in [2.75, 3.05) is 7.11 Å². The standard InChI is InChI=1S/C8H10NO2/c1-10-8-4-2-7(3-5-8)6-11-9/h2-5,9H,6H2,1H3. The van der Waals surface area contributed by atoms with E-state index in [4.69, 9.17) is 10.6 Å². The van der Waals surface area contributed by atoms with Crippen molar-refractivity contribution in [3.05, 3.63) is 29.8 Å². The highest BCUT2D eigenvalue weighted by molar-refractivity contribution is 5.26. The van der Waals surface area contributed by atoms with E-state index in [2.05, 4.69) is 4.84 Å². The molecule has 0 fully saturated rings. The zero-order chi connectivity index (χ0) is 8.10. The third kappa shape index (κ3) is 2.22. The Morgan fingerprint density at radius 3 is 2.36 bits per heavy atom. The Bertz CT molecular complexity index is 208. The molecular formula is C8H10NO2. The van der Waals surface area contributed by atoms with Gasteiger partial charge >= 0.3 is 0 Å². The summed E-state index contributed by atoms with van der Waals surface area (Å²) in [5.74, 6) is 7.33. The number of methoxy groups -OCH3 is 1. The summed E-state index contributed by atoms with van der Waals surface area (Å²) in [6.45, 7) is 0.323. The molecule has 0 spiro atoms. The lowest BCUT2D eigenvalue weighted by atomic mass is 10.2. The van der Waals surface area contributed by atoms with Crippen LogP contribution in [0.4, 0.5) is 0 Å². The summed E-state index contributed by atoms with van der Waals surface area (Å²) in [6.07, 6.45) is 0. The molecule has 0 unspecified atom stereocenters. The van der Waals surface area contributed by atoms with Crippen molar-refractivity contribution in [1.29, 1.82) is 0 Å². The second kappa shape index (κ2) is 3.95. The van der Waals surface area contributed by atoms with Crippen molar-refractivity contribution in [1.82, 2.24) is 5.90 Å². The zero-order valence-electron chi connectivity index (χ0n) is 6.33. The van der Waals surface area contributed by atoms with E-state index in [0.29, 0.717) is 6.61 Å².